The van der Waals surface area contributed by atoms with Crippen molar-refractivity contribution >= 4 is 28.5 Å². The summed E-state index contributed by atoms with van der Waals surface area (Å²) in [7, 11) is 2.16. The van der Waals surface area contributed by atoms with Crippen LogP contribution in [0.3, 0.4) is 0 Å². The van der Waals surface area contributed by atoms with Gasteiger partial charge in [-0.15, -0.1) is 11.8 Å². The minimum atomic E-state index is -1.24. The second-order valence-electron chi connectivity index (χ2n) is 7.97. The van der Waals surface area contributed by atoms with Crippen LogP contribution in [0.4, 0.5) is 0 Å². The quantitative estimate of drug-likeness (QED) is 0.365. The summed E-state index contributed by atoms with van der Waals surface area (Å²) in [4.78, 5) is 30.0. The summed E-state index contributed by atoms with van der Waals surface area (Å²) in [6.07, 6.45) is 3.18. The van der Waals surface area contributed by atoms with Crippen LogP contribution in [0.15, 0.2) is 42.0 Å². The van der Waals surface area contributed by atoms with E-state index in [2.05, 4.69) is 34.3 Å². The predicted molar refractivity (Wildman–Crippen MR) is 122 cm³/mol. The number of benzene rings is 1. The summed E-state index contributed by atoms with van der Waals surface area (Å²) in [6.45, 7) is 6.81. The Morgan fingerprint density at radius 1 is 1.13 bits per heavy atom. The molecule has 2 heterocycles. The molecule has 9 heteroatoms. The number of hydrogen-bond acceptors (Lipinski definition) is 7. The fourth-order valence-corrected chi connectivity index (χ4v) is 4.51. The first-order chi connectivity index (χ1) is 14.9. The van der Waals surface area contributed by atoms with E-state index < -0.39 is 24.0 Å². The lowest BCUT2D eigenvalue weighted by molar-refractivity contribution is -0.133. The number of carbonyl (C=O) groups is 2. The number of nitrogens with one attached hydrogen (secondary N) is 2. The van der Waals surface area contributed by atoms with Gasteiger partial charge in [-0.1, -0.05) is 18.2 Å². The molecule has 1 saturated heterocycles. The molecule has 1 aromatic rings. The van der Waals surface area contributed by atoms with Gasteiger partial charge in [0.05, 0.1) is 6.10 Å². The van der Waals surface area contributed by atoms with Crippen molar-refractivity contribution in [3.8, 4) is 0 Å². The van der Waals surface area contributed by atoms with Crippen LogP contribution < -0.4 is 10.8 Å². The number of hydrogen-bond donors (Lipinski definition) is 4. The van der Waals surface area contributed by atoms with Crippen molar-refractivity contribution in [3.63, 3.8) is 0 Å². The second-order valence-corrected chi connectivity index (χ2v) is 8.99. The molecule has 2 aliphatic rings. The highest BCUT2D eigenvalue weighted by molar-refractivity contribution is 8.08. The van der Waals surface area contributed by atoms with Gasteiger partial charge in [0.25, 0.3) is 11.8 Å². The van der Waals surface area contributed by atoms with Crippen LogP contribution in [0.25, 0.3) is 4.91 Å². The van der Waals surface area contributed by atoms with E-state index in [1.807, 2.05) is 12.1 Å². The number of nitrogens with zero attached hydrogens (tertiary/aromatic N) is 2. The van der Waals surface area contributed by atoms with E-state index in [4.69, 9.17) is 5.21 Å². The van der Waals surface area contributed by atoms with Crippen molar-refractivity contribution in [2.75, 3.05) is 45.5 Å². The van der Waals surface area contributed by atoms with E-state index in [9.17, 15) is 14.7 Å². The lowest BCUT2D eigenvalue weighted by Gasteiger charge is -2.33. The molecule has 2 aliphatic heterocycles. The third kappa shape index (κ3) is 6.41. The summed E-state index contributed by atoms with van der Waals surface area (Å²) in [5.41, 5.74) is 4.26. The molecule has 0 radical (unpaired) electrons. The molecule has 2 atom stereocenters. The molecule has 0 saturated carbocycles. The van der Waals surface area contributed by atoms with Crippen LogP contribution >= 0.6 is 11.8 Å². The summed E-state index contributed by atoms with van der Waals surface area (Å²) < 4.78 is 0. The maximum atomic E-state index is 12.4. The highest BCUT2D eigenvalue weighted by Crippen LogP contribution is 2.33. The van der Waals surface area contributed by atoms with Gasteiger partial charge in [0.15, 0.2) is 0 Å². The van der Waals surface area contributed by atoms with Gasteiger partial charge in [-0.05, 0) is 43.3 Å². The zero-order valence-corrected chi connectivity index (χ0v) is 18.7. The topological polar surface area (TPSA) is 105 Å². The zero-order valence-electron chi connectivity index (χ0n) is 17.9. The monoisotopic (exact) mass is 446 g/mol. The summed E-state index contributed by atoms with van der Waals surface area (Å²) in [5, 5.41) is 20.8. The number of rotatable bonds is 7. The van der Waals surface area contributed by atoms with Crippen LogP contribution in [0.1, 0.15) is 22.8 Å². The van der Waals surface area contributed by atoms with Crippen LogP contribution in [-0.4, -0.2) is 89.6 Å². The highest BCUT2D eigenvalue weighted by atomic mass is 32.2. The maximum Gasteiger partial charge on any atom is 0.268 e. The Hall–Kier alpha value is -2.17. The van der Waals surface area contributed by atoms with E-state index in [0.717, 1.165) is 48.9 Å². The first kappa shape index (κ1) is 23.5. The van der Waals surface area contributed by atoms with Crippen LogP contribution in [0, 0.1) is 0 Å². The number of likely N-dealkylation sites (N-methyl/N-ethyl adjacent to an activating group) is 1. The predicted octanol–water partition coefficient (Wildman–Crippen LogP) is 0.933. The Kier molecular flexibility index (Phi) is 8.28. The molecule has 1 fully saturated rings. The molecule has 0 spiro atoms. The minimum absolute atomic E-state index is 0.368. The first-order valence-electron chi connectivity index (χ1n) is 10.3. The normalized spacial score (nSPS) is 19.7. The van der Waals surface area contributed by atoms with Gasteiger partial charge in [-0.25, -0.2) is 5.48 Å². The molecule has 0 bridgehead atoms. The van der Waals surface area contributed by atoms with Crippen molar-refractivity contribution in [2.24, 2.45) is 0 Å². The first-order valence-corrected chi connectivity index (χ1v) is 11.3. The van der Waals surface area contributed by atoms with E-state index in [-0.39, 0.29) is 0 Å². The Morgan fingerprint density at radius 3 is 2.35 bits per heavy atom. The van der Waals surface area contributed by atoms with E-state index in [1.54, 1.807) is 23.9 Å². The molecule has 0 unspecified atom stereocenters. The number of amides is 2. The fraction of sp³-hybridized carbons (Fsp3) is 0.455. The third-order valence-corrected chi connectivity index (χ3v) is 6.70. The number of aliphatic hydroxyl groups excluding tert-OH is 1. The van der Waals surface area contributed by atoms with Gasteiger partial charge in [-0.3, -0.25) is 19.7 Å². The minimum Gasteiger partial charge on any atom is -0.391 e. The number of aliphatic hydroxyl groups is 1. The lowest BCUT2D eigenvalue weighted by Crippen LogP contribution is -2.51. The third-order valence-electron chi connectivity index (χ3n) is 5.50. The summed E-state index contributed by atoms with van der Waals surface area (Å²) >= 11 is 1.79. The molecule has 168 valence electrons. The number of thioether (sulfide) groups is 1. The van der Waals surface area contributed by atoms with Gasteiger partial charge in [-0.2, -0.15) is 0 Å². The van der Waals surface area contributed by atoms with Gasteiger partial charge >= 0.3 is 0 Å². The zero-order chi connectivity index (χ0) is 22.4. The van der Waals surface area contributed by atoms with Crippen molar-refractivity contribution in [1.82, 2.24) is 20.6 Å². The van der Waals surface area contributed by atoms with Crippen molar-refractivity contribution in [3.05, 3.63) is 53.1 Å². The Bertz CT molecular complexity index is 846. The molecule has 8 nitrogen and oxygen atoms in total. The van der Waals surface area contributed by atoms with Crippen molar-refractivity contribution in [2.45, 2.75) is 19.1 Å². The average Bonchev–Trinajstić information content (AvgIpc) is 2.79. The van der Waals surface area contributed by atoms with Gasteiger partial charge in [0, 0.05) is 48.9 Å². The summed E-state index contributed by atoms with van der Waals surface area (Å²) in [5.74, 6) is -0.421. The Morgan fingerprint density at radius 2 is 1.81 bits per heavy atom. The van der Waals surface area contributed by atoms with Crippen molar-refractivity contribution < 1.29 is 19.9 Å². The van der Waals surface area contributed by atoms with Crippen molar-refractivity contribution in [1.29, 1.82) is 0 Å². The molecule has 1 aromatic carbocycles. The van der Waals surface area contributed by atoms with Gasteiger partial charge < -0.3 is 15.3 Å². The van der Waals surface area contributed by atoms with Crippen LogP contribution in [0.2, 0.25) is 0 Å². The Labute approximate surface area is 186 Å². The lowest BCUT2D eigenvalue weighted by atomic mass is 10.1. The maximum absolute atomic E-state index is 12.4. The molecule has 4 N–H and O–H groups in total. The molecule has 2 amide bonds. The number of carbonyl (C=O) groups excluding carboxylic acids is 2. The van der Waals surface area contributed by atoms with Gasteiger partial charge in [0.1, 0.15) is 6.04 Å². The smallest absolute Gasteiger partial charge is 0.268 e. The average molecular weight is 447 g/mol. The molecule has 31 heavy (non-hydrogen) atoms. The number of piperazine rings is 1. The largest absolute Gasteiger partial charge is 0.391 e. The number of allylic oxidation sites excluding steroid dienone is 2. The fourth-order valence-electron chi connectivity index (χ4n) is 3.52. The van der Waals surface area contributed by atoms with Crippen LogP contribution in [0.5, 0.6) is 0 Å². The molecule has 3 rings (SSSR count). The SMILES string of the molecule is C[C@@H](O)[C@H](NC(=O)c1ccc(C2=CC=C(CN3CCN(C)CC3)CS2)cc1)C(=O)NO. The number of hydroxylamine groups is 1. The molecular weight excluding hydrogens is 416 g/mol. The second kappa shape index (κ2) is 10.9. The van der Waals surface area contributed by atoms with Crippen LogP contribution in [-0.2, 0) is 4.79 Å². The standard InChI is InChI=1S/C22H30N4O4S/c1-15(27)20(22(29)24-30)23-21(28)18-6-4-17(5-7-18)19-8-3-16(14-31-19)13-26-11-9-25(2)10-12-26/h3-8,15,20,27,30H,9-14H2,1-2H3,(H,23,28)(H,24,29)/t15-,20+/m1/s1. The molecular formula is C22H30N4O4S. The van der Waals surface area contributed by atoms with E-state index >= 15 is 0 Å². The van der Waals surface area contributed by atoms with Gasteiger partial charge in [0.2, 0.25) is 0 Å². The Balaban J connectivity index is 1.59. The summed E-state index contributed by atoms with van der Waals surface area (Å²) in [6, 6.07) is 5.88. The van der Waals surface area contributed by atoms with E-state index in [1.165, 1.54) is 18.0 Å². The highest BCUT2D eigenvalue weighted by Gasteiger charge is 2.26. The van der Waals surface area contributed by atoms with E-state index in [0.29, 0.717) is 5.56 Å². The molecule has 0 aliphatic carbocycles. The molecule has 0 aromatic heterocycles.